The second-order valence-corrected chi connectivity index (χ2v) is 9.81. The summed E-state index contributed by atoms with van der Waals surface area (Å²) >= 11 is 0. The molecule has 34 heavy (non-hydrogen) atoms. The van der Waals surface area contributed by atoms with Crippen LogP contribution >= 0.6 is 0 Å². The van der Waals surface area contributed by atoms with Gasteiger partial charge in [-0.15, -0.1) is 0 Å². The number of hydrogen-bond donors (Lipinski definition) is 1. The van der Waals surface area contributed by atoms with E-state index in [4.69, 9.17) is 5.26 Å². The Kier molecular flexibility index (Phi) is 5.15. The number of nitrogens with zero attached hydrogens (tertiary/aromatic N) is 5. The van der Waals surface area contributed by atoms with Crippen LogP contribution in [0.5, 0.6) is 0 Å². The highest BCUT2D eigenvalue weighted by Crippen LogP contribution is 2.32. The molecule has 0 unspecified atom stereocenters. The van der Waals surface area contributed by atoms with Gasteiger partial charge in [-0.05, 0) is 42.0 Å². The van der Waals surface area contributed by atoms with E-state index in [1.54, 1.807) is 12.3 Å². The molecule has 0 spiro atoms. The van der Waals surface area contributed by atoms with E-state index in [-0.39, 0.29) is 10.5 Å². The van der Waals surface area contributed by atoms with E-state index in [9.17, 15) is 8.42 Å². The fourth-order valence-corrected chi connectivity index (χ4v) is 4.93. The van der Waals surface area contributed by atoms with Gasteiger partial charge in [0.25, 0.3) is 10.0 Å². The van der Waals surface area contributed by atoms with Crippen molar-refractivity contribution in [2.24, 2.45) is 0 Å². The highest BCUT2D eigenvalue weighted by Gasteiger charge is 2.20. The Morgan fingerprint density at radius 3 is 2.53 bits per heavy atom. The normalized spacial score (nSPS) is 11.4. The third-order valence-electron chi connectivity index (χ3n) is 5.63. The predicted octanol–water partition coefficient (Wildman–Crippen LogP) is 4.27. The van der Waals surface area contributed by atoms with E-state index >= 15 is 0 Å². The van der Waals surface area contributed by atoms with Gasteiger partial charge in [0, 0.05) is 54.3 Å². The number of hydrogen-bond acceptors (Lipinski definition) is 6. The smallest absolute Gasteiger partial charge is 0.283 e. The first kappa shape index (κ1) is 21.4. The molecule has 0 atom stereocenters. The third-order valence-corrected chi connectivity index (χ3v) is 7.17. The topological polar surface area (TPSA) is 108 Å². The molecule has 0 fully saturated rings. The molecule has 168 valence electrons. The molecule has 3 aromatic heterocycles. The standard InChI is InChI=1S/C25H20N6O2S/c1-30(2)21-8-6-18(7-9-21)19-11-23-24(15-28-25(23)27-13-19)20-14-29-31(16-20)34(32,33)22-5-3-4-17(10-22)12-26/h3-11,13-16H,1-2H3,(H,27,28). The van der Waals surface area contributed by atoms with Crippen LogP contribution in [0.3, 0.4) is 0 Å². The first-order valence-corrected chi connectivity index (χ1v) is 11.9. The quantitative estimate of drug-likeness (QED) is 0.413. The van der Waals surface area contributed by atoms with E-state index in [1.165, 1.54) is 30.6 Å². The van der Waals surface area contributed by atoms with Crippen LogP contribution in [0, 0.1) is 11.3 Å². The minimum absolute atomic E-state index is 0.00486. The van der Waals surface area contributed by atoms with Crippen molar-refractivity contribution in [3.05, 3.63) is 84.9 Å². The van der Waals surface area contributed by atoms with Gasteiger partial charge in [0.2, 0.25) is 0 Å². The van der Waals surface area contributed by atoms with E-state index < -0.39 is 10.0 Å². The van der Waals surface area contributed by atoms with E-state index in [2.05, 4.69) is 15.1 Å². The van der Waals surface area contributed by atoms with Crippen LogP contribution in [0.15, 0.2) is 84.3 Å². The molecule has 9 heteroatoms. The summed E-state index contributed by atoms with van der Waals surface area (Å²) in [6.07, 6.45) is 6.58. The SMILES string of the molecule is CN(C)c1ccc(-c2cnc3[nH]cc(-c4cnn(S(=O)(=O)c5cccc(C#N)c5)c4)c3c2)cc1. The fraction of sp³-hybridized carbons (Fsp3) is 0.0800. The molecule has 5 rings (SSSR count). The highest BCUT2D eigenvalue weighted by molar-refractivity contribution is 7.89. The number of benzene rings is 2. The van der Waals surface area contributed by atoms with Gasteiger partial charge in [-0.3, -0.25) is 0 Å². The van der Waals surface area contributed by atoms with Crippen molar-refractivity contribution in [3.8, 4) is 28.3 Å². The average Bonchev–Trinajstić information content (AvgIpc) is 3.51. The molecule has 5 aromatic rings. The maximum Gasteiger partial charge on any atom is 0.283 e. The number of aromatic nitrogens is 4. The number of nitriles is 1. The van der Waals surface area contributed by atoms with Crippen molar-refractivity contribution in [1.82, 2.24) is 19.2 Å². The summed E-state index contributed by atoms with van der Waals surface area (Å²) in [6, 6.07) is 18.0. The molecular weight excluding hydrogens is 448 g/mol. The van der Waals surface area contributed by atoms with Gasteiger partial charge in [-0.1, -0.05) is 18.2 Å². The van der Waals surface area contributed by atoms with Crippen molar-refractivity contribution in [3.63, 3.8) is 0 Å². The molecular formula is C25H20N6O2S. The van der Waals surface area contributed by atoms with Gasteiger partial charge >= 0.3 is 0 Å². The Hall–Kier alpha value is -4.42. The summed E-state index contributed by atoms with van der Waals surface area (Å²) < 4.78 is 27.0. The molecule has 0 saturated carbocycles. The molecule has 1 N–H and O–H groups in total. The number of rotatable bonds is 5. The van der Waals surface area contributed by atoms with E-state index in [1.807, 2.05) is 61.6 Å². The highest BCUT2D eigenvalue weighted by atomic mass is 32.2. The van der Waals surface area contributed by atoms with Crippen molar-refractivity contribution < 1.29 is 8.42 Å². The molecule has 8 nitrogen and oxygen atoms in total. The molecule has 0 saturated heterocycles. The molecule has 0 radical (unpaired) electrons. The Morgan fingerprint density at radius 2 is 1.79 bits per heavy atom. The zero-order chi connectivity index (χ0) is 23.9. The summed E-state index contributed by atoms with van der Waals surface area (Å²) in [4.78, 5) is 9.73. The fourth-order valence-electron chi connectivity index (χ4n) is 3.76. The third kappa shape index (κ3) is 3.70. The monoisotopic (exact) mass is 468 g/mol. The summed E-state index contributed by atoms with van der Waals surface area (Å²) in [5.41, 5.74) is 5.47. The van der Waals surface area contributed by atoms with Crippen molar-refractivity contribution in [1.29, 1.82) is 5.26 Å². The molecule has 0 aliphatic carbocycles. The van der Waals surface area contributed by atoms with Gasteiger partial charge in [-0.25, -0.2) is 4.98 Å². The van der Waals surface area contributed by atoms with Crippen LogP contribution in [-0.4, -0.2) is 41.7 Å². The molecule has 0 aliphatic rings. The van der Waals surface area contributed by atoms with Crippen LogP contribution in [0.25, 0.3) is 33.3 Å². The minimum Gasteiger partial charge on any atom is -0.378 e. The number of aromatic amines is 1. The van der Waals surface area contributed by atoms with Crippen molar-refractivity contribution in [2.45, 2.75) is 4.90 Å². The molecule has 0 amide bonds. The second kappa shape index (κ2) is 8.17. The number of pyridine rings is 1. The Morgan fingerprint density at radius 1 is 1.00 bits per heavy atom. The van der Waals surface area contributed by atoms with Gasteiger partial charge < -0.3 is 9.88 Å². The summed E-state index contributed by atoms with van der Waals surface area (Å²) in [5, 5.41) is 14.0. The van der Waals surface area contributed by atoms with Crippen LogP contribution in [-0.2, 0) is 10.0 Å². The summed E-state index contributed by atoms with van der Waals surface area (Å²) in [6.45, 7) is 0. The van der Waals surface area contributed by atoms with Crippen molar-refractivity contribution >= 4 is 26.7 Å². The number of nitrogens with one attached hydrogen (secondary N) is 1. The number of anilines is 1. The minimum atomic E-state index is -3.93. The Labute approximate surface area is 196 Å². The van der Waals surface area contributed by atoms with Gasteiger partial charge in [0.1, 0.15) is 5.65 Å². The maximum atomic E-state index is 13.0. The summed E-state index contributed by atoms with van der Waals surface area (Å²) in [5.74, 6) is 0. The van der Waals surface area contributed by atoms with Crippen molar-refractivity contribution in [2.75, 3.05) is 19.0 Å². The maximum absolute atomic E-state index is 13.0. The molecule has 0 aliphatic heterocycles. The van der Waals surface area contributed by atoms with E-state index in [0.29, 0.717) is 11.2 Å². The second-order valence-electron chi connectivity index (χ2n) is 8.01. The lowest BCUT2D eigenvalue weighted by Crippen LogP contribution is -2.13. The largest absolute Gasteiger partial charge is 0.378 e. The van der Waals surface area contributed by atoms with Crippen LogP contribution in [0.4, 0.5) is 5.69 Å². The average molecular weight is 469 g/mol. The number of H-pyrrole nitrogens is 1. The lowest BCUT2D eigenvalue weighted by atomic mass is 10.0. The zero-order valence-corrected chi connectivity index (χ0v) is 19.3. The molecule has 0 bridgehead atoms. The van der Waals surface area contributed by atoms with Crippen LogP contribution < -0.4 is 4.90 Å². The van der Waals surface area contributed by atoms with Gasteiger partial charge in [0.05, 0.1) is 28.9 Å². The first-order chi connectivity index (χ1) is 16.4. The summed E-state index contributed by atoms with van der Waals surface area (Å²) in [7, 11) is 0.0579. The van der Waals surface area contributed by atoms with Gasteiger partial charge in [-0.2, -0.15) is 22.9 Å². The first-order valence-electron chi connectivity index (χ1n) is 10.4. The molecule has 2 aromatic carbocycles. The lowest BCUT2D eigenvalue weighted by Gasteiger charge is -2.12. The molecule has 3 heterocycles. The Bertz CT molecular complexity index is 1660. The number of fused-ring (bicyclic) bond motifs is 1. The van der Waals surface area contributed by atoms with Crippen LogP contribution in [0.1, 0.15) is 5.56 Å². The zero-order valence-electron chi connectivity index (χ0n) is 18.5. The lowest BCUT2D eigenvalue weighted by molar-refractivity contribution is 0.580. The van der Waals surface area contributed by atoms with E-state index in [0.717, 1.165) is 31.9 Å². The predicted molar refractivity (Wildman–Crippen MR) is 131 cm³/mol. The van der Waals surface area contributed by atoms with Gasteiger partial charge in [0.15, 0.2) is 0 Å². The Balaban J connectivity index is 1.53. The van der Waals surface area contributed by atoms with Crippen LogP contribution in [0.2, 0.25) is 0 Å².